The van der Waals surface area contributed by atoms with E-state index >= 15 is 0 Å². The molecule has 0 bridgehead atoms. The summed E-state index contributed by atoms with van der Waals surface area (Å²) in [5, 5.41) is 3.55. The number of carbonyl (C=O) groups is 2. The lowest BCUT2D eigenvalue weighted by Gasteiger charge is -2.18. The average Bonchev–Trinajstić information content (AvgIpc) is 3.11. The van der Waals surface area contributed by atoms with Crippen molar-refractivity contribution >= 4 is 11.9 Å². The van der Waals surface area contributed by atoms with Crippen LogP contribution in [0.2, 0.25) is 0 Å². The summed E-state index contributed by atoms with van der Waals surface area (Å²) in [7, 11) is 0. The highest BCUT2D eigenvalue weighted by Crippen LogP contribution is 2.18. The molecule has 0 aromatic rings. The first-order chi connectivity index (χ1) is 24.1. The molecule has 0 atom stereocenters. The standard InChI is InChI=1S/C42H83NO4.C2H6/c1-4-7-10-13-16-17-18-24-32-39-46-41(44)35-29-25-31-38-43-37-30-23-19-22-28-36-42(45)47-40(33-26-20-14-11-8-5-2)34-27-21-15-12-9-6-3;1-2/h40,43H,4-39H2,1-3H3;1-2H3. The summed E-state index contributed by atoms with van der Waals surface area (Å²) in [6.45, 7) is 13.5. The van der Waals surface area contributed by atoms with Gasteiger partial charge in [-0.1, -0.05) is 176 Å². The summed E-state index contributed by atoms with van der Waals surface area (Å²) in [6, 6.07) is 0. The third-order valence-corrected chi connectivity index (χ3v) is 9.54. The number of unbranched alkanes of at least 4 members (excludes halogenated alkanes) is 24. The zero-order valence-electron chi connectivity index (χ0n) is 34.2. The Morgan fingerprint density at radius 2 is 0.776 bits per heavy atom. The Morgan fingerprint density at radius 1 is 0.429 bits per heavy atom. The second-order valence-electron chi connectivity index (χ2n) is 14.4. The van der Waals surface area contributed by atoms with E-state index in [-0.39, 0.29) is 18.0 Å². The number of hydrogen-bond donors (Lipinski definition) is 1. The van der Waals surface area contributed by atoms with Crippen LogP contribution in [0.1, 0.15) is 247 Å². The number of hydrogen-bond acceptors (Lipinski definition) is 5. The van der Waals surface area contributed by atoms with Gasteiger partial charge in [-0.25, -0.2) is 0 Å². The van der Waals surface area contributed by atoms with Crippen LogP contribution < -0.4 is 5.32 Å². The number of ether oxygens (including phenoxy) is 2. The van der Waals surface area contributed by atoms with Crippen LogP contribution in [-0.2, 0) is 19.1 Å². The molecule has 0 aromatic heterocycles. The molecule has 0 rings (SSSR count). The summed E-state index contributed by atoms with van der Waals surface area (Å²) in [4.78, 5) is 24.5. The van der Waals surface area contributed by atoms with Crippen molar-refractivity contribution < 1.29 is 19.1 Å². The summed E-state index contributed by atoms with van der Waals surface area (Å²) < 4.78 is 11.4. The van der Waals surface area contributed by atoms with Gasteiger partial charge in [0.2, 0.25) is 0 Å². The van der Waals surface area contributed by atoms with Gasteiger partial charge >= 0.3 is 11.9 Å². The Morgan fingerprint density at radius 3 is 1.24 bits per heavy atom. The minimum absolute atomic E-state index is 0.0214. The normalized spacial score (nSPS) is 11.1. The van der Waals surface area contributed by atoms with Gasteiger partial charge in [0.15, 0.2) is 0 Å². The van der Waals surface area contributed by atoms with Crippen molar-refractivity contribution in [2.24, 2.45) is 0 Å². The molecule has 0 aliphatic rings. The molecule has 5 nitrogen and oxygen atoms in total. The van der Waals surface area contributed by atoms with Crippen molar-refractivity contribution in [1.29, 1.82) is 0 Å². The first kappa shape index (κ1) is 50.0. The number of esters is 2. The zero-order chi connectivity index (χ0) is 36.3. The highest BCUT2D eigenvalue weighted by atomic mass is 16.5. The third kappa shape index (κ3) is 43.0. The van der Waals surface area contributed by atoms with E-state index in [4.69, 9.17) is 9.47 Å². The van der Waals surface area contributed by atoms with Gasteiger partial charge in [0.25, 0.3) is 0 Å². The molecule has 5 heteroatoms. The van der Waals surface area contributed by atoms with E-state index in [0.29, 0.717) is 19.4 Å². The van der Waals surface area contributed by atoms with E-state index in [1.807, 2.05) is 13.8 Å². The molecule has 49 heavy (non-hydrogen) atoms. The second kappa shape index (κ2) is 44.9. The minimum atomic E-state index is -0.0214. The van der Waals surface area contributed by atoms with E-state index in [9.17, 15) is 9.59 Å². The van der Waals surface area contributed by atoms with Crippen LogP contribution in [0, 0.1) is 0 Å². The maximum atomic E-state index is 12.6. The van der Waals surface area contributed by atoms with Crippen LogP contribution in [0.4, 0.5) is 0 Å². The van der Waals surface area contributed by atoms with Gasteiger partial charge < -0.3 is 14.8 Å². The van der Waals surface area contributed by atoms with Crippen LogP contribution in [0.25, 0.3) is 0 Å². The van der Waals surface area contributed by atoms with Crippen LogP contribution in [-0.4, -0.2) is 37.7 Å². The SMILES string of the molecule is CC.CCCCCCCCCCCOC(=O)CCCCCNCCCCCCCC(=O)OC(CCCCCCCC)CCCCCCCC. The predicted molar refractivity (Wildman–Crippen MR) is 214 cm³/mol. The first-order valence-corrected chi connectivity index (χ1v) is 22.2. The number of nitrogens with one attached hydrogen (secondary N) is 1. The molecule has 0 aliphatic heterocycles. The fraction of sp³-hybridized carbons (Fsp3) is 0.955. The van der Waals surface area contributed by atoms with Gasteiger partial charge in [0.1, 0.15) is 6.10 Å². The van der Waals surface area contributed by atoms with Crippen LogP contribution in [0.5, 0.6) is 0 Å². The molecule has 0 aliphatic carbocycles. The van der Waals surface area contributed by atoms with Gasteiger partial charge in [0.05, 0.1) is 6.61 Å². The van der Waals surface area contributed by atoms with E-state index in [1.165, 1.54) is 148 Å². The van der Waals surface area contributed by atoms with Gasteiger partial charge in [0, 0.05) is 12.8 Å². The molecule has 0 fully saturated rings. The van der Waals surface area contributed by atoms with Crippen molar-refractivity contribution in [2.45, 2.75) is 253 Å². The molecule has 0 saturated heterocycles. The molecule has 0 heterocycles. The zero-order valence-corrected chi connectivity index (χ0v) is 34.2. The summed E-state index contributed by atoms with van der Waals surface area (Å²) in [6.07, 6.45) is 39.2. The molecule has 0 saturated carbocycles. The molecule has 0 unspecified atom stereocenters. The van der Waals surface area contributed by atoms with Crippen molar-refractivity contribution in [3.63, 3.8) is 0 Å². The highest BCUT2D eigenvalue weighted by molar-refractivity contribution is 5.69. The monoisotopic (exact) mass is 696 g/mol. The summed E-state index contributed by atoms with van der Waals surface area (Å²) >= 11 is 0. The van der Waals surface area contributed by atoms with Gasteiger partial charge in [-0.15, -0.1) is 0 Å². The smallest absolute Gasteiger partial charge is 0.306 e. The fourth-order valence-corrected chi connectivity index (χ4v) is 6.35. The molecule has 294 valence electrons. The van der Waals surface area contributed by atoms with E-state index < -0.39 is 0 Å². The van der Waals surface area contributed by atoms with Gasteiger partial charge in [-0.2, -0.15) is 0 Å². The van der Waals surface area contributed by atoms with Crippen molar-refractivity contribution in [1.82, 2.24) is 5.32 Å². The van der Waals surface area contributed by atoms with Crippen molar-refractivity contribution in [2.75, 3.05) is 19.7 Å². The van der Waals surface area contributed by atoms with Crippen LogP contribution >= 0.6 is 0 Å². The van der Waals surface area contributed by atoms with E-state index in [2.05, 4.69) is 26.1 Å². The lowest BCUT2D eigenvalue weighted by Crippen LogP contribution is -2.18. The Balaban J connectivity index is 0. The Hall–Kier alpha value is -1.10. The predicted octanol–water partition coefficient (Wildman–Crippen LogP) is 14.0. The molecule has 0 aromatic carbocycles. The number of rotatable bonds is 39. The molecule has 1 N–H and O–H groups in total. The molecular formula is C44H89NO4. The highest BCUT2D eigenvalue weighted by Gasteiger charge is 2.14. The van der Waals surface area contributed by atoms with Crippen molar-refractivity contribution in [3.05, 3.63) is 0 Å². The average molecular weight is 696 g/mol. The van der Waals surface area contributed by atoms with E-state index in [0.717, 1.165) is 64.5 Å². The quantitative estimate of drug-likeness (QED) is 0.0512. The largest absolute Gasteiger partial charge is 0.466 e. The maximum absolute atomic E-state index is 12.6. The second-order valence-corrected chi connectivity index (χ2v) is 14.4. The molecule has 0 radical (unpaired) electrons. The first-order valence-electron chi connectivity index (χ1n) is 22.2. The van der Waals surface area contributed by atoms with Gasteiger partial charge in [-0.3, -0.25) is 9.59 Å². The molecular weight excluding hydrogens is 606 g/mol. The van der Waals surface area contributed by atoms with Crippen molar-refractivity contribution in [3.8, 4) is 0 Å². The lowest BCUT2D eigenvalue weighted by molar-refractivity contribution is -0.150. The molecule has 0 amide bonds. The minimum Gasteiger partial charge on any atom is -0.466 e. The van der Waals surface area contributed by atoms with Crippen LogP contribution in [0.15, 0.2) is 0 Å². The Kier molecular flexibility index (Phi) is 45.8. The third-order valence-electron chi connectivity index (χ3n) is 9.54. The van der Waals surface area contributed by atoms with Gasteiger partial charge in [-0.05, 0) is 70.9 Å². The Bertz CT molecular complexity index is 624. The lowest BCUT2D eigenvalue weighted by atomic mass is 10.0. The van der Waals surface area contributed by atoms with E-state index in [1.54, 1.807) is 0 Å². The van der Waals surface area contributed by atoms with Crippen LogP contribution in [0.3, 0.4) is 0 Å². The fourth-order valence-electron chi connectivity index (χ4n) is 6.35. The Labute approximate surface area is 308 Å². The topological polar surface area (TPSA) is 64.6 Å². The maximum Gasteiger partial charge on any atom is 0.306 e. The number of carbonyl (C=O) groups excluding carboxylic acids is 2. The summed E-state index contributed by atoms with van der Waals surface area (Å²) in [5.74, 6) is 0.00707. The summed E-state index contributed by atoms with van der Waals surface area (Å²) in [5.41, 5.74) is 0. The molecule has 0 spiro atoms.